The van der Waals surface area contributed by atoms with Crippen LogP contribution in [0.5, 0.6) is 0 Å². The number of rotatable bonds is 5. The van der Waals surface area contributed by atoms with E-state index in [0.29, 0.717) is 30.2 Å². The highest BCUT2D eigenvalue weighted by atomic mass is 16.5. The van der Waals surface area contributed by atoms with Crippen LogP contribution in [0.1, 0.15) is 79.1 Å². The lowest BCUT2D eigenvalue weighted by Gasteiger charge is -2.60. The van der Waals surface area contributed by atoms with Crippen molar-refractivity contribution in [2.45, 2.75) is 91.1 Å². The fourth-order valence-corrected chi connectivity index (χ4v) is 8.18. The molecule has 3 fully saturated rings. The monoisotopic (exact) mass is 458 g/mol. The van der Waals surface area contributed by atoms with Gasteiger partial charge in [-0.3, -0.25) is 14.4 Å². The second-order valence-electron chi connectivity index (χ2n) is 12.5. The summed E-state index contributed by atoms with van der Waals surface area (Å²) in [4.78, 5) is 38.9. The van der Waals surface area contributed by atoms with E-state index < -0.39 is 5.41 Å². The molecule has 6 nitrogen and oxygen atoms in total. The van der Waals surface area contributed by atoms with Crippen LogP contribution in [0.3, 0.4) is 0 Å². The van der Waals surface area contributed by atoms with Gasteiger partial charge in [0.1, 0.15) is 0 Å². The van der Waals surface area contributed by atoms with E-state index in [1.807, 2.05) is 25.8 Å². The lowest BCUT2D eigenvalue weighted by molar-refractivity contribution is -0.143. The zero-order valence-corrected chi connectivity index (χ0v) is 21.3. The number of hydrogen-bond acceptors (Lipinski definition) is 4. The Morgan fingerprint density at radius 1 is 1.12 bits per heavy atom. The van der Waals surface area contributed by atoms with Gasteiger partial charge < -0.3 is 15.0 Å². The molecule has 0 aromatic heterocycles. The maximum Gasteiger partial charge on any atom is 0.306 e. The summed E-state index contributed by atoms with van der Waals surface area (Å²) in [7, 11) is 3.35. The minimum atomic E-state index is -0.419. The molecule has 2 amide bonds. The number of likely N-dealkylation sites (N-methyl/N-ethyl adjacent to an activating group) is 1. The number of amides is 2. The second-order valence-corrected chi connectivity index (χ2v) is 12.5. The largest absolute Gasteiger partial charge is 0.469 e. The molecule has 4 rings (SSSR count). The Morgan fingerprint density at radius 2 is 1.85 bits per heavy atom. The number of methoxy groups -OCH3 is 1. The molecular weight excluding hydrogens is 416 g/mol. The molecule has 6 heteroatoms. The number of carbonyl (C=O) groups is 3. The van der Waals surface area contributed by atoms with Crippen LogP contribution in [-0.4, -0.2) is 48.9 Å². The average Bonchev–Trinajstić information content (AvgIpc) is 3.06. The van der Waals surface area contributed by atoms with Crippen molar-refractivity contribution in [3.05, 3.63) is 12.2 Å². The number of hydrogen-bond donors (Lipinski definition) is 1. The van der Waals surface area contributed by atoms with Crippen molar-refractivity contribution in [3.8, 4) is 0 Å². The maximum atomic E-state index is 13.0. The van der Waals surface area contributed by atoms with Gasteiger partial charge in [0.25, 0.3) is 0 Å². The van der Waals surface area contributed by atoms with Crippen LogP contribution >= 0.6 is 0 Å². The Bertz CT molecular complexity index is 851. The molecule has 1 aliphatic heterocycles. The Labute approximate surface area is 198 Å². The van der Waals surface area contributed by atoms with Crippen molar-refractivity contribution >= 4 is 17.8 Å². The standard InChI is InChI=1S/C27H42N2O4/c1-25(2,16-24(32)33-6)15-22(30)28-20-9-8-18-17-7-10-21-27(4,14-12-23(31)29(21)5)19(17)11-13-26(18,20)3/h12,14,17-21H,7-11,13,15-16H2,1-6H3,(H,28,30)/t17-,18-,19+,20?,21?,26-,27+/m0/s1. The van der Waals surface area contributed by atoms with E-state index in [2.05, 4.69) is 25.2 Å². The van der Waals surface area contributed by atoms with Crippen molar-refractivity contribution in [3.63, 3.8) is 0 Å². The van der Waals surface area contributed by atoms with Crippen LogP contribution < -0.4 is 5.32 Å². The van der Waals surface area contributed by atoms with Gasteiger partial charge in [0.15, 0.2) is 0 Å². The van der Waals surface area contributed by atoms with Gasteiger partial charge in [-0.2, -0.15) is 0 Å². The Kier molecular flexibility index (Phi) is 6.20. The first-order valence-electron chi connectivity index (χ1n) is 12.7. The lowest BCUT2D eigenvalue weighted by atomic mass is 9.48. The van der Waals surface area contributed by atoms with Gasteiger partial charge in [-0.25, -0.2) is 0 Å². The first-order chi connectivity index (χ1) is 15.4. The van der Waals surface area contributed by atoms with Crippen molar-refractivity contribution in [1.82, 2.24) is 10.2 Å². The third-order valence-electron chi connectivity index (χ3n) is 9.95. The molecular formula is C27H42N2O4. The summed E-state index contributed by atoms with van der Waals surface area (Å²) in [6, 6.07) is 0.496. The molecule has 184 valence electrons. The molecule has 1 heterocycles. The Morgan fingerprint density at radius 3 is 2.55 bits per heavy atom. The predicted octanol–water partition coefficient (Wildman–Crippen LogP) is 4.09. The van der Waals surface area contributed by atoms with E-state index in [9.17, 15) is 14.4 Å². The number of fused-ring (bicyclic) bond motifs is 5. The SMILES string of the molecule is COC(=O)CC(C)(C)CC(=O)NC1CC[C@H]2[C@@H]3CCC4N(C)C(=O)C=C[C@]4(C)[C@@H]3CC[C@]12C. The van der Waals surface area contributed by atoms with E-state index in [4.69, 9.17) is 4.74 Å². The quantitative estimate of drug-likeness (QED) is 0.630. The zero-order valence-electron chi connectivity index (χ0n) is 21.3. The zero-order chi connectivity index (χ0) is 24.2. The summed E-state index contributed by atoms with van der Waals surface area (Å²) >= 11 is 0. The minimum absolute atomic E-state index is 0.0453. The van der Waals surface area contributed by atoms with E-state index in [0.717, 1.165) is 32.1 Å². The number of nitrogens with zero attached hydrogens (tertiary/aromatic N) is 1. The minimum Gasteiger partial charge on any atom is -0.469 e. The van der Waals surface area contributed by atoms with Gasteiger partial charge in [-0.05, 0) is 73.2 Å². The molecule has 0 aromatic carbocycles. The van der Waals surface area contributed by atoms with Crippen LogP contribution in [0.25, 0.3) is 0 Å². The molecule has 2 unspecified atom stereocenters. The van der Waals surface area contributed by atoms with Crippen molar-refractivity contribution < 1.29 is 19.1 Å². The molecule has 0 bridgehead atoms. The molecule has 1 N–H and O–H groups in total. The van der Waals surface area contributed by atoms with E-state index in [1.165, 1.54) is 13.5 Å². The molecule has 4 aliphatic rings. The first-order valence-corrected chi connectivity index (χ1v) is 12.7. The van der Waals surface area contributed by atoms with Crippen LogP contribution in [0, 0.1) is 34.0 Å². The smallest absolute Gasteiger partial charge is 0.306 e. The summed E-state index contributed by atoms with van der Waals surface area (Å²) in [6.45, 7) is 8.67. The van der Waals surface area contributed by atoms with Crippen molar-refractivity contribution in [1.29, 1.82) is 0 Å². The number of carbonyl (C=O) groups excluding carboxylic acids is 3. The highest BCUT2D eigenvalue weighted by Crippen LogP contribution is 2.63. The first kappa shape index (κ1) is 24.3. The molecule has 0 spiro atoms. The van der Waals surface area contributed by atoms with E-state index >= 15 is 0 Å². The highest BCUT2D eigenvalue weighted by molar-refractivity contribution is 5.89. The van der Waals surface area contributed by atoms with Crippen LogP contribution in [0.4, 0.5) is 0 Å². The van der Waals surface area contributed by atoms with Crippen LogP contribution in [0.15, 0.2) is 12.2 Å². The molecule has 3 saturated carbocycles. The highest BCUT2D eigenvalue weighted by Gasteiger charge is 2.60. The van der Waals surface area contributed by atoms with Crippen molar-refractivity contribution in [2.75, 3.05) is 14.2 Å². The number of ether oxygens (including phenoxy) is 1. The van der Waals surface area contributed by atoms with E-state index in [1.54, 1.807) is 6.08 Å². The Hall–Kier alpha value is -1.85. The van der Waals surface area contributed by atoms with Gasteiger partial charge in [0.2, 0.25) is 11.8 Å². The van der Waals surface area contributed by atoms with Gasteiger partial charge >= 0.3 is 5.97 Å². The van der Waals surface area contributed by atoms with Gasteiger partial charge in [0, 0.05) is 31.0 Å². The lowest BCUT2D eigenvalue weighted by Crippen LogP contribution is -2.60. The number of esters is 1. The van der Waals surface area contributed by atoms with Gasteiger partial charge in [0.05, 0.1) is 13.5 Å². The third kappa shape index (κ3) is 4.12. The fourth-order valence-electron chi connectivity index (χ4n) is 8.18. The second kappa shape index (κ2) is 8.42. The normalized spacial score (nSPS) is 40.0. The summed E-state index contributed by atoms with van der Waals surface area (Å²) < 4.78 is 4.80. The summed E-state index contributed by atoms with van der Waals surface area (Å²) in [5, 5.41) is 3.38. The molecule has 0 radical (unpaired) electrons. The molecule has 3 aliphatic carbocycles. The summed E-state index contributed by atoms with van der Waals surface area (Å²) in [5.41, 5.74) is -0.254. The summed E-state index contributed by atoms with van der Waals surface area (Å²) in [6.07, 6.45) is 11.3. The number of nitrogens with one attached hydrogen (secondary N) is 1. The van der Waals surface area contributed by atoms with Gasteiger partial charge in [-0.1, -0.05) is 33.8 Å². The molecule has 33 heavy (non-hydrogen) atoms. The molecule has 0 saturated heterocycles. The maximum absolute atomic E-state index is 13.0. The third-order valence-corrected chi connectivity index (χ3v) is 9.95. The Balaban J connectivity index is 1.45. The van der Waals surface area contributed by atoms with E-state index in [-0.39, 0.29) is 41.1 Å². The summed E-state index contributed by atoms with van der Waals surface area (Å²) in [5.74, 6) is 1.76. The predicted molar refractivity (Wildman–Crippen MR) is 127 cm³/mol. The van der Waals surface area contributed by atoms with Crippen LogP contribution in [0.2, 0.25) is 0 Å². The average molecular weight is 459 g/mol. The fraction of sp³-hybridized carbons (Fsp3) is 0.815. The van der Waals surface area contributed by atoms with Crippen molar-refractivity contribution in [2.24, 2.45) is 34.0 Å². The molecule has 7 atom stereocenters. The van der Waals surface area contributed by atoms with Gasteiger partial charge in [-0.15, -0.1) is 0 Å². The van der Waals surface area contributed by atoms with Crippen LogP contribution in [-0.2, 0) is 19.1 Å². The molecule has 0 aromatic rings. The topological polar surface area (TPSA) is 75.7 Å².